The van der Waals surface area contributed by atoms with Gasteiger partial charge in [-0.05, 0) is 44.4 Å². The van der Waals surface area contributed by atoms with Gasteiger partial charge in [0.15, 0.2) is 5.96 Å². The predicted molar refractivity (Wildman–Crippen MR) is 283 cm³/mol. The standard InChI is InChI=1S/C45H74N16O20S/c1-20(2)35(60-31(66)15-51-36(72)21(46)17-62)43(79)59-27(19-82)38(74)52-14-30(65)54-26(18-63)41(77)55-22(5-3-11-50-45(48)49)37(73)53-16-32(67)61-12-4-6-28(61)42(78)57-24(8-10-33(68)69)39(75)56-23(7-9-29(47)64)40(76)58-25(44(80)81)13-34(70)71/h20-28,35,62-63,82H,3-19,46H2,1-2H3,(H2,47,64)(H,51,72)(H,52,74)(H,53,73)(H,54,65)(H,55,77)(H,56,75)(H,57,78)(H,58,76)(H,59,79)(H,60,66)(H,68,69)(H,70,71)(H,80,81)(H4,48,49,50)/t21-,22-,23-,24-,25-,26-,27-,28-,35-/m0/s1. The number of carboxylic acids is 3. The van der Waals surface area contributed by atoms with Crippen molar-refractivity contribution in [2.45, 2.75) is 126 Å². The molecular weight excluding hydrogens is 1120 g/mol. The second kappa shape index (κ2) is 36.7. The van der Waals surface area contributed by atoms with Gasteiger partial charge in [-0.25, -0.2) is 4.79 Å². The summed E-state index contributed by atoms with van der Waals surface area (Å²) in [6.07, 6.45) is -3.48. The Kier molecular flexibility index (Phi) is 32.1. The normalized spacial score (nSPS) is 15.6. The number of carbonyl (C=O) groups excluding carboxylic acids is 12. The summed E-state index contributed by atoms with van der Waals surface area (Å²) < 4.78 is 0. The molecule has 0 aliphatic carbocycles. The van der Waals surface area contributed by atoms with E-state index in [1.807, 2.05) is 5.32 Å². The van der Waals surface area contributed by atoms with Crippen LogP contribution in [0, 0.1) is 5.92 Å². The van der Waals surface area contributed by atoms with E-state index in [1.165, 1.54) is 0 Å². The smallest absolute Gasteiger partial charge is 0.326 e. The van der Waals surface area contributed by atoms with E-state index < -0.39 is 214 Å². The Bertz CT molecular complexity index is 2360. The number of guanidine groups is 1. The Hall–Kier alpha value is -8.45. The summed E-state index contributed by atoms with van der Waals surface area (Å²) in [6, 6.07) is -14.0. The lowest BCUT2D eigenvalue weighted by Gasteiger charge is -2.28. The topological polar surface area (TPSA) is 597 Å². The fourth-order valence-electron chi connectivity index (χ4n) is 7.38. The number of thiol groups is 1. The number of aliphatic hydroxyl groups is 2. The number of nitrogens with one attached hydrogen (secondary N) is 10. The molecule has 0 saturated carbocycles. The fourth-order valence-corrected chi connectivity index (χ4v) is 7.63. The van der Waals surface area contributed by atoms with Crippen molar-refractivity contribution in [1.82, 2.24) is 58.1 Å². The van der Waals surface area contributed by atoms with E-state index >= 15 is 0 Å². The van der Waals surface area contributed by atoms with Gasteiger partial charge in [0.2, 0.25) is 70.9 Å². The van der Waals surface area contributed by atoms with E-state index in [2.05, 4.69) is 65.5 Å². The van der Waals surface area contributed by atoms with Crippen LogP contribution in [0.4, 0.5) is 0 Å². The zero-order valence-electron chi connectivity index (χ0n) is 44.8. The number of nitrogens with two attached hydrogens (primary N) is 4. The van der Waals surface area contributed by atoms with Gasteiger partial charge in [-0.2, -0.15) is 12.6 Å². The lowest BCUT2D eigenvalue weighted by Crippen LogP contribution is -2.59. The monoisotopic (exact) mass is 1190 g/mol. The van der Waals surface area contributed by atoms with Crippen LogP contribution in [0.25, 0.3) is 0 Å². The minimum Gasteiger partial charge on any atom is -0.481 e. The second-order valence-corrected chi connectivity index (χ2v) is 19.0. The quantitative estimate of drug-likeness (QED) is 0.0118. The molecular formula is C45H74N16O20S. The first kappa shape index (κ1) is 71.6. The first-order valence-electron chi connectivity index (χ1n) is 25.3. The zero-order chi connectivity index (χ0) is 62.4. The molecule has 1 rings (SSSR count). The molecule has 0 radical (unpaired) electrons. The number of nitrogens with zero attached hydrogens (tertiary/aromatic N) is 2. The average molecular weight is 1190 g/mol. The number of carbonyl (C=O) groups is 15. The highest BCUT2D eigenvalue weighted by molar-refractivity contribution is 7.80. The largest absolute Gasteiger partial charge is 0.481 e. The van der Waals surface area contributed by atoms with Crippen molar-refractivity contribution in [2.24, 2.45) is 33.8 Å². The van der Waals surface area contributed by atoms with Crippen molar-refractivity contribution < 1.29 is 97.5 Å². The van der Waals surface area contributed by atoms with E-state index in [9.17, 15) is 87.2 Å². The molecule has 0 bridgehead atoms. The lowest BCUT2D eigenvalue weighted by molar-refractivity contribution is -0.147. The number of hydrogen-bond acceptors (Lipinski definition) is 20. The van der Waals surface area contributed by atoms with Crippen molar-refractivity contribution in [3.05, 3.63) is 0 Å². The summed E-state index contributed by atoms with van der Waals surface area (Å²) in [5, 5.41) is 69.4. The van der Waals surface area contributed by atoms with Crippen LogP contribution < -0.4 is 76.1 Å². The summed E-state index contributed by atoms with van der Waals surface area (Å²) in [6.45, 7) is -0.948. The van der Waals surface area contributed by atoms with Crippen molar-refractivity contribution in [1.29, 1.82) is 0 Å². The molecule has 36 nitrogen and oxygen atoms in total. The third-order valence-electron chi connectivity index (χ3n) is 11.7. The maximum Gasteiger partial charge on any atom is 0.326 e. The summed E-state index contributed by atoms with van der Waals surface area (Å²) >= 11 is 4.08. The maximum absolute atomic E-state index is 13.7. The number of aliphatic imine (C=N–C) groups is 1. The highest BCUT2D eigenvalue weighted by Gasteiger charge is 2.38. The predicted octanol–water partition coefficient (Wildman–Crippen LogP) is -10.6. The fraction of sp³-hybridized carbons (Fsp3) is 0.644. The number of primary amides is 1. The highest BCUT2D eigenvalue weighted by atomic mass is 32.1. The third-order valence-corrected chi connectivity index (χ3v) is 12.1. The SMILES string of the molecule is CC(C)[C@H](NC(=O)CNC(=O)[C@@H](N)CO)C(=O)N[C@@H](CS)C(=O)NCC(=O)N[C@@H](CO)C(=O)N[C@@H](CCCN=C(N)N)C(=O)NCC(=O)N1CCC[C@H]1C(=O)N[C@@H](CCC(=O)O)C(=O)N[C@@H](CCC(N)=O)C(=O)N[C@@H](CC(=O)O)C(=O)O. The number of aliphatic carboxylic acids is 3. The Morgan fingerprint density at radius 2 is 1.10 bits per heavy atom. The van der Waals surface area contributed by atoms with Gasteiger partial charge in [0, 0.05) is 31.7 Å². The summed E-state index contributed by atoms with van der Waals surface area (Å²) in [5.74, 6) is -17.8. The number of hydrogen-bond donors (Lipinski definition) is 20. The number of aliphatic hydroxyl groups excluding tert-OH is 2. The van der Waals surface area contributed by atoms with Crippen LogP contribution >= 0.6 is 12.6 Å². The van der Waals surface area contributed by atoms with Gasteiger partial charge in [0.25, 0.3) is 0 Å². The molecule has 0 aromatic carbocycles. The molecule has 82 heavy (non-hydrogen) atoms. The van der Waals surface area contributed by atoms with Crippen molar-refractivity contribution in [3.63, 3.8) is 0 Å². The van der Waals surface area contributed by atoms with Gasteiger partial charge in [0.1, 0.15) is 54.4 Å². The van der Waals surface area contributed by atoms with Crippen molar-refractivity contribution in [3.8, 4) is 0 Å². The Balaban J connectivity index is 3.13. The molecule has 0 unspecified atom stereocenters. The summed E-state index contributed by atoms with van der Waals surface area (Å²) in [7, 11) is 0. The van der Waals surface area contributed by atoms with E-state index in [-0.39, 0.29) is 50.5 Å². The molecule has 1 saturated heterocycles. The number of rotatable bonds is 38. The lowest BCUT2D eigenvalue weighted by atomic mass is 10.0. The van der Waals surface area contributed by atoms with Crippen LogP contribution in [0.15, 0.2) is 4.99 Å². The van der Waals surface area contributed by atoms with Crippen LogP contribution in [0.5, 0.6) is 0 Å². The van der Waals surface area contributed by atoms with Gasteiger partial charge in [-0.15, -0.1) is 0 Å². The van der Waals surface area contributed by atoms with Crippen LogP contribution in [0.1, 0.15) is 71.6 Å². The van der Waals surface area contributed by atoms with Crippen LogP contribution in [-0.4, -0.2) is 231 Å². The number of carboxylic acid groups (broad SMARTS) is 3. The molecule has 9 atom stereocenters. The first-order valence-corrected chi connectivity index (χ1v) is 25.9. The Morgan fingerprint density at radius 3 is 1.62 bits per heavy atom. The molecule has 0 aromatic rings. The first-order chi connectivity index (χ1) is 38.4. The maximum atomic E-state index is 13.7. The average Bonchev–Trinajstić information content (AvgIpc) is 3.92. The van der Waals surface area contributed by atoms with E-state index in [1.54, 1.807) is 13.8 Å². The van der Waals surface area contributed by atoms with Gasteiger partial charge in [-0.3, -0.25) is 72.1 Å². The summed E-state index contributed by atoms with van der Waals surface area (Å²) in [5.41, 5.74) is 21.4. The van der Waals surface area contributed by atoms with Crippen molar-refractivity contribution in [2.75, 3.05) is 51.7 Å². The molecule has 1 aliphatic heterocycles. The second-order valence-electron chi connectivity index (χ2n) is 18.6. The minimum atomic E-state index is -1.98. The van der Waals surface area contributed by atoms with E-state index in [4.69, 9.17) is 33.1 Å². The highest BCUT2D eigenvalue weighted by Crippen LogP contribution is 2.18. The molecule has 1 heterocycles. The summed E-state index contributed by atoms with van der Waals surface area (Å²) in [4.78, 5) is 195. The molecule has 0 spiro atoms. The van der Waals surface area contributed by atoms with Crippen LogP contribution in [0.2, 0.25) is 0 Å². The molecule has 12 amide bonds. The molecule has 37 heteroatoms. The van der Waals surface area contributed by atoms with E-state index in [0.717, 1.165) is 4.90 Å². The number of amides is 12. The Labute approximate surface area is 473 Å². The third kappa shape index (κ3) is 26.7. The van der Waals surface area contributed by atoms with Crippen LogP contribution in [-0.2, 0) is 71.9 Å². The zero-order valence-corrected chi connectivity index (χ0v) is 45.7. The van der Waals surface area contributed by atoms with Gasteiger partial charge >= 0.3 is 17.9 Å². The molecule has 1 fully saturated rings. The van der Waals surface area contributed by atoms with Crippen molar-refractivity contribution >= 4 is 107 Å². The van der Waals surface area contributed by atoms with Gasteiger partial charge in [-0.1, -0.05) is 13.8 Å². The minimum absolute atomic E-state index is 0.00919. The Morgan fingerprint density at radius 1 is 0.585 bits per heavy atom. The molecule has 460 valence electrons. The molecule has 1 aliphatic rings. The molecule has 0 aromatic heterocycles. The molecule has 23 N–H and O–H groups in total. The van der Waals surface area contributed by atoms with Gasteiger partial charge < -0.3 is 107 Å². The van der Waals surface area contributed by atoms with Gasteiger partial charge in [0.05, 0.1) is 39.3 Å². The number of likely N-dealkylation sites (tertiary alicyclic amines) is 1. The van der Waals surface area contributed by atoms with E-state index in [0.29, 0.717) is 0 Å². The van der Waals surface area contributed by atoms with Crippen LogP contribution in [0.3, 0.4) is 0 Å².